The number of carboxylic acid groups (broad SMARTS) is 1. The maximum atomic E-state index is 12.2. The zero-order valence-corrected chi connectivity index (χ0v) is 15.5. The van der Waals surface area contributed by atoms with E-state index in [1.807, 2.05) is 0 Å². The van der Waals surface area contributed by atoms with Gasteiger partial charge in [-0.05, 0) is 23.8 Å². The molecule has 0 aliphatic carbocycles. The molecule has 0 saturated carbocycles. The van der Waals surface area contributed by atoms with Crippen LogP contribution in [0.1, 0.15) is 11.3 Å². The second-order valence-electron chi connectivity index (χ2n) is 5.56. The van der Waals surface area contributed by atoms with Gasteiger partial charge in [0.15, 0.2) is 0 Å². The van der Waals surface area contributed by atoms with E-state index in [0.29, 0.717) is 16.3 Å². The topological polar surface area (TPSA) is 129 Å². The van der Waals surface area contributed by atoms with Gasteiger partial charge in [-0.2, -0.15) is 0 Å². The van der Waals surface area contributed by atoms with Crippen molar-refractivity contribution in [1.82, 2.24) is 14.7 Å². The first-order valence-electron chi connectivity index (χ1n) is 7.74. The second kappa shape index (κ2) is 7.82. The van der Waals surface area contributed by atoms with Gasteiger partial charge >= 0.3 is 5.97 Å². The summed E-state index contributed by atoms with van der Waals surface area (Å²) in [5.41, 5.74) is 1.06. The number of sulfonamides is 1. The Bertz CT molecular complexity index is 1070. The summed E-state index contributed by atoms with van der Waals surface area (Å²) in [6.45, 7) is -0.0415. The van der Waals surface area contributed by atoms with Crippen molar-refractivity contribution in [2.75, 3.05) is 0 Å². The Morgan fingerprint density at radius 1 is 1.22 bits per heavy atom. The second-order valence-corrected chi connectivity index (χ2v) is 8.19. The van der Waals surface area contributed by atoms with Gasteiger partial charge in [-0.25, -0.2) is 23.1 Å². The Morgan fingerprint density at radius 2 is 1.96 bits per heavy atom. The van der Waals surface area contributed by atoms with Crippen molar-refractivity contribution in [2.45, 2.75) is 17.9 Å². The number of aromatic nitrogens is 2. The van der Waals surface area contributed by atoms with Crippen LogP contribution in [0.2, 0.25) is 0 Å². The van der Waals surface area contributed by atoms with Crippen molar-refractivity contribution >= 4 is 27.3 Å². The number of rotatable bonds is 7. The fourth-order valence-corrected chi connectivity index (χ4v) is 4.13. The number of pyridine rings is 1. The number of benzene rings is 1. The Kier molecular flexibility index (Phi) is 5.49. The lowest BCUT2D eigenvalue weighted by Gasteiger charge is -2.08. The summed E-state index contributed by atoms with van der Waals surface area (Å²) in [5, 5.41) is 21.0. The Balaban J connectivity index is 1.73. The van der Waals surface area contributed by atoms with Crippen LogP contribution in [0.25, 0.3) is 10.7 Å². The minimum Gasteiger partial charge on any atom is -0.506 e. The maximum Gasteiger partial charge on any atom is 0.309 e. The summed E-state index contributed by atoms with van der Waals surface area (Å²) in [6.07, 6.45) is 1.22. The molecule has 140 valence electrons. The van der Waals surface area contributed by atoms with Crippen LogP contribution in [0, 0.1) is 0 Å². The third kappa shape index (κ3) is 4.67. The van der Waals surface area contributed by atoms with Crippen LogP contribution in [0.15, 0.2) is 52.9 Å². The number of carbonyl (C=O) groups is 1. The lowest BCUT2D eigenvalue weighted by Crippen LogP contribution is -2.23. The van der Waals surface area contributed by atoms with Crippen LogP contribution in [-0.4, -0.2) is 34.6 Å². The van der Waals surface area contributed by atoms with Gasteiger partial charge in [0.2, 0.25) is 10.0 Å². The molecule has 0 saturated heterocycles. The molecule has 0 aliphatic heterocycles. The van der Waals surface area contributed by atoms with Crippen LogP contribution in [0.4, 0.5) is 0 Å². The van der Waals surface area contributed by atoms with Crippen LogP contribution >= 0.6 is 11.3 Å². The molecule has 0 atom stereocenters. The average molecular weight is 405 g/mol. The van der Waals surface area contributed by atoms with Gasteiger partial charge in [-0.1, -0.05) is 18.2 Å². The van der Waals surface area contributed by atoms with Gasteiger partial charge < -0.3 is 10.2 Å². The number of aliphatic carboxylic acids is 1. The summed E-state index contributed by atoms with van der Waals surface area (Å²) in [7, 11) is -3.67. The molecule has 3 N–H and O–H groups in total. The molecule has 0 aliphatic rings. The zero-order valence-electron chi connectivity index (χ0n) is 13.9. The summed E-state index contributed by atoms with van der Waals surface area (Å²) < 4.78 is 26.9. The molecule has 3 rings (SSSR count). The smallest absolute Gasteiger partial charge is 0.309 e. The molecule has 27 heavy (non-hydrogen) atoms. The molecule has 0 radical (unpaired) electrons. The molecule has 10 heteroatoms. The first kappa shape index (κ1) is 19.0. The van der Waals surface area contributed by atoms with Crippen molar-refractivity contribution in [2.24, 2.45) is 0 Å². The van der Waals surface area contributed by atoms with E-state index in [1.165, 1.54) is 35.7 Å². The number of nitrogens with one attached hydrogen (secondary N) is 1. The minimum atomic E-state index is -3.67. The largest absolute Gasteiger partial charge is 0.506 e. The van der Waals surface area contributed by atoms with Crippen LogP contribution in [-0.2, 0) is 27.8 Å². The van der Waals surface area contributed by atoms with Crippen LogP contribution in [0.5, 0.6) is 5.75 Å². The van der Waals surface area contributed by atoms with Crippen molar-refractivity contribution in [3.8, 4) is 16.5 Å². The third-order valence-corrected chi connectivity index (χ3v) is 5.85. The van der Waals surface area contributed by atoms with Gasteiger partial charge in [0, 0.05) is 18.1 Å². The van der Waals surface area contributed by atoms with Gasteiger partial charge in [-0.3, -0.25) is 4.79 Å². The molecule has 2 aromatic heterocycles. The molecule has 2 heterocycles. The van der Waals surface area contributed by atoms with Crippen molar-refractivity contribution < 1.29 is 23.4 Å². The highest BCUT2D eigenvalue weighted by molar-refractivity contribution is 7.89. The number of hydrogen-bond donors (Lipinski definition) is 3. The predicted molar refractivity (Wildman–Crippen MR) is 98.8 cm³/mol. The number of nitrogens with zero attached hydrogens (tertiary/aromatic N) is 2. The summed E-state index contributed by atoms with van der Waals surface area (Å²) in [6, 6.07) is 9.34. The van der Waals surface area contributed by atoms with E-state index in [9.17, 15) is 18.3 Å². The highest BCUT2D eigenvalue weighted by Crippen LogP contribution is 2.30. The normalized spacial score (nSPS) is 11.4. The zero-order chi connectivity index (χ0) is 19.4. The lowest BCUT2D eigenvalue weighted by atomic mass is 10.2. The Morgan fingerprint density at radius 3 is 2.63 bits per heavy atom. The number of aromatic hydroxyl groups is 1. The predicted octanol–water partition coefficient (Wildman–Crippen LogP) is 2.02. The molecule has 0 fully saturated rings. The first-order chi connectivity index (χ1) is 12.8. The highest BCUT2D eigenvalue weighted by Gasteiger charge is 2.16. The van der Waals surface area contributed by atoms with Crippen molar-refractivity contribution in [3.05, 3.63) is 59.2 Å². The van der Waals surface area contributed by atoms with E-state index in [1.54, 1.807) is 23.6 Å². The Labute approximate surface area is 159 Å². The summed E-state index contributed by atoms with van der Waals surface area (Å²) >= 11 is 1.17. The molecule has 0 unspecified atom stereocenters. The fraction of sp³-hybridized carbons (Fsp3) is 0.118. The lowest BCUT2D eigenvalue weighted by molar-refractivity contribution is -0.136. The van der Waals surface area contributed by atoms with Gasteiger partial charge in [0.25, 0.3) is 0 Å². The summed E-state index contributed by atoms with van der Waals surface area (Å²) in [5.74, 6) is -1.16. The number of thiazole rings is 1. The molecule has 0 amide bonds. The monoisotopic (exact) mass is 405 g/mol. The molecular weight excluding hydrogens is 390 g/mol. The Hall–Kier alpha value is -2.82. The van der Waals surface area contributed by atoms with Gasteiger partial charge in [0.05, 0.1) is 17.0 Å². The SMILES string of the molecule is O=C(O)Cc1csc(-c2ncc(CNS(=O)(=O)c3ccccc3)cc2O)n1. The van der Waals surface area contributed by atoms with E-state index in [-0.39, 0.29) is 29.3 Å². The third-order valence-electron chi connectivity index (χ3n) is 3.53. The maximum absolute atomic E-state index is 12.2. The van der Waals surface area contributed by atoms with Crippen molar-refractivity contribution in [3.63, 3.8) is 0 Å². The molecule has 0 spiro atoms. The van der Waals surface area contributed by atoms with E-state index in [4.69, 9.17) is 5.11 Å². The standard InChI is InChI=1S/C17H15N3O5S2/c21-14-6-11(9-19-27(24,25)13-4-2-1-3-5-13)8-18-16(14)17-20-12(10-26-17)7-15(22)23/h1-6,8,10,19,21H,7,9H2,(H,22,23). The molecule has 1 aromatic carbocycles. The van der Waals surface area contributed by atoms with Crippen LogP contribution < -0.4 is 4.72 Å². The van der Waals surface area contributed by atoms with Crippen LogP contribution in [0.3, 0.4) is 0 Å². The number of carboxylic acids is 1. The fourth-order valence-electron chi connectivity index (χ4n) is 2.27. The number of hydrogen-bond acceptors (Lipinski definition) is 7. The molecule has 8 nitrogen and oxygen atoms in total. The quantitative estimate of drug-likeness (QED) is 0.548. The molecule has 0 bridgehead atoms. The van der Waals surface area contributed by atoms with E-state index < -0.39 is 16.0 Å². The van der Waals surface area contributed by atoms with E-state index in [0.717, 1.165) is 0 Å². The first-order valence-corrected chi connectivity index (χ1v) is 10.1. The summed E-state index contributed by atoms with van der Waals surface area (Å²) in [4.78, 5) is 19.1. The van der Waals surface area contributed by atoms with Gasteiger partial charge in [0.1, 0.15) is 16.5 Å². The molecular formula is C17H15N3O5S2. The molecule has 3 aromatic rings. The van der Waals surface area contributed by atoms with E-state index in [2.05, 4.69) is 14.7 Å². The minimum absolute atomic E-state index is 0.0415. The van der Waals surface area contributed by atoms with Crippen molar-refractivity contribution in [1.29, 1.82) is 0 Å². The average Bonchev–Trinajstić information content (AvgIpc) is 3.08. The highest BCUT2D eigenvalue weighted by atomic mass is 32.2. The van der Waals surface area contributed by atoms with Gasteiger partial charge in [-0.15, -0.1) is 11.3 Å². The van der Waals surface area contributed by atoms with E-state index >= 15 is 0 Å².